The molecule has 1 rings (SSSR count). The van der Waals surface area contributed by atoms with Crippen LogP contribution < -0.4 is 4.74 Å². The second kappa shape index (κ2) is 7.13. The van der Waals surface area contributed by atoms with Crippen molar-refractivity contribution in [2.45, 2.75) is 26.6 Å². The number of hydrogen-bond donors (Lipinski definition) is 0. The van der Waals surface area contributed by atoms with Gasteiger partial charge >= 0.3 is 0 Å². The molecule has 0 spiro atoms. The lowest BCUT2D eigenvalue weighted by atomic mass is 10.1. The fourth-order valence-corrected chi connectivity index (χ4v) is 1.63. The van der Waals surface area contributed by atoms with Crippen molar-refractivity contribution in [1.82, 2.24) is 0 Å². The van der Waals surface area contributed by atoms with Crippen LogP contribution in [0.4, 0.5) is 0 Å². The van der Waals surface area contributed by atoms with Crippen molar-refractivity contribution in [2.75, 3.05) is 20.8 Å². The van der Waals surface area contributed by atoms with E-state index in [-0.39, 0.29) is 11.9 Å². The number of hydrogen-bond acceptors (Lipinski definition) is 4. The van der Waals surface area contributed by atoms with Crippen LogP contribution >= 0.6 is 0 Å². The monoisotopic (exact) mass is 252 g/mol. The molecule has 0 amide bonds. The van der Waals surface area contributed by atoms with Crippen molar-refractivity contribution in [2.24, 2.45) is 0 Å². The minimum atomic E-state index is 0.000639. The molecule has 0 radical (unpaired) electrons. The Bertz CT molecular complexity index is 401. The number of ketones is 1. The molecular weight excluding hydrogens is 232 g/mol. The SMILES string of the molecule is COCC(C)OCc1cc(C(C)=O)ccc1OC. The number of benzene rings is 1. The molecule has 0 aliphatic rings. The second-order valence-corrected chi connectivity index (χ2v) is 4.16. The van der Waals surface area contributed by atoms with Crippen LogP contribution in [0.3, 0.4) is 0 Å². The van der Waals surface area contributed by atoms with Crippen molar-refractivity contribution in [1.29, 1.82) is 0 Å². The van der Waals surface area contributed by atoms with Gasteiger partial charge in [-0.25, -0.2) is 0 Å². The van der Waals surface area contributed by atoms with Crippen LogP contribution in [0.25, 0.3) is 0 Å². The number of ether oxygens (including phenoxy) is 3. The molecule has 1 aromatic rings. The Hall–Kier alpha value is -1.39. The average Bonchev–Trinajstić information content (AvgIpc) is 2.36. The van der Waals surface area contributed by atoms with Crippen LogP contribution in [-0.4, -0.2) is 32.7 Å². The van der Waals surface area contributed by atoms with Gasteiger partial charge in [0.15, 0.2) is 5.78 Å². The normalized spacial score (nSPS) is 12.2. The minimum absolute atomic E-state index is 0.000639. The first-order chi connectivity index (χ1) is 8.58. The van der Waals surface area contributed by atoms with Gasteiger partial charge < -0.3 is 14.2 Å². The average molecular weight is 252 g/mol. The third kappa shape index (κ3) is 4.13. The smallest absolute Gasteiger partial charge is 0.159 e. The Balaban J connectivity index is 2.78. The van der Waals surface area contributed by atoms with Gasteiger partial charge in [-0.2, -0.15) is 0 Å². The highest BCUT2D eigenvalue weighted by atomic mass is 16.5. The first kappa shape index (κ1) is 14.7. The summed E-state index contributed by atoms with van der Waals surface area (Å²) in [7, 11) is 3.24. The van der Waals surface area contributed by atoms with Crippen molar-refractivity contribution in [3.8, 4) is 5.75 Å². The zero-order chi connectivity index (χ0) is 13.5. The van der Waals surface area contributed by atoms with Crippen molar-refractivity contribution in [3.05, 3.63) is 29.3 Å². The third-order valence-corrected chi connectivity index (χ3v) is 2.61. The summed E-state index contributed by atoms with van der Waals surface area (Å²) in [6.07, 6.45) is 0.000639. The molecule has 1 aromatic carbocycles. The van der Waals surface area contributed by atoms with Crippen LogP contribution in [0.5, 0.6) is 5.75 Å². The minimum Gasteiger partial charge on any atom is -0.496 e. The maximum absolute atomic E-state index is 11.3. The van der Waals surface area contributed by atoms with Crippen LogP contribution in [0, 0.1) is 0 Å². The van der Waals surface area contributed by atoms with E-state index in [0.29, 0.717) is 18.8 Å². The Morgan fingerprint density at radius 2 is 2.06 bits per heavy atom. The predicted octanol–water partition coefficient (Wildman–Crippen LogP) is 2.45. The molecule has 1 unspecified atom stereocenters. The highest BCUT2D eigenvalue weighted by molar-refractivity contribution is 5.94. The summed E-state index contributed by atoms with van der Waals surface area (Å²) in [5.74, 6) is 0.758. The summed E-state index contributed by atoms with van der Waals surface area (Å²) in [5.41, 5.74) is 1.53. The van der Waals surface area contributed by atoms with E-state index in [9.17, 15) is 4.79 Å². The van der Waals surface area contributed by atoms with Crippen LogP contribution in [-0.2, 0) is 16.1 Å². The number of carbonyl (C=O) groups is 1. The van der Waals surface area contributed by atoms with E-state index in [1.807, 2.05) is 6.92 Å². The van der Waals surface area contributed by atoms with Gasteiger partial charge in [-0.05, 0) is 32.0 Å². The molecule has 0 aromatic heterocycles. The largest absolute Gasteiger partial charge is 0.496 e. The highest BCUT2D eigenvalue weighted by Gasteiger charge is 2.09. The van der Waals surface area contributed by atoms with E-state index in [0.717, 1.165) is 11.3 Å². The molecule has 0 heterocycles. The molecule has 0 fully saturated rings. The molecular formula is C14H20O4. The second-order valence-electron chi connectivity index (χ2n) is 4.16. The summed E-state index contributed by atoms with van der Waals surface area (Å²) in [6.45, 7) is 4.41. The highest BCUT2D eigenvalue weighted by Crippen LogP contribution is 2.21. The molecule has 0 bridgehead atoms. The molecule has 0 saturated heterocycles. The standard InChI is InChI=1S/C14H20O4/c1-10(8-16-3)18-9-13-7-12(11(2)15)5-6-14(13)17-4/h5-7,10H,8-9H2,1-4H3. The Labute approximate surface area is 108 Å². The first-order valence-corrected chi connectivity index (χ1v) is 5.86. The third-order valence-electron chi connectivity index (χ3n) is 2.61. The number of carbonyl (C=O) groups excluding carboxylic acids is 1. The summed E-state index contributed by atoms with van der Waals surface area (Å²) in [6, 6.07) is 5.35. The van der Waals surface area contributed by atoms with Gasteiger partial charge in [-0.3, -0.25) is 4.79 Å². The van der Waals surface area contributed by atoms with Crippen molar-refractivity contribution >= 4 is 5.78 Å². The van der Waals surface area contributed by atoms with Crippen LogP contribution in [0.15, 0.2) is 18.2 Å². The summed E-state index contributed by atoms with van der Waals surface area (Å²) in [4.78, 5) is 11.3. The van der Waals surface area contributed by atoms with E-state index in [2.05, 4.69) is 0 Å². The van der Waals surface area contributed by atoms with Crippen LogP contribution in [0.1, 0.15) is 29.8 Å². The number of Topliss-reactive ketones (excluding diaryl/α,β-unsaturated/α-hetero) is 1. The van der Waals surface area contributed by atoms with Gasteiger partial charge in [0.25, 0.3) is 0 Å². The molecule has 0 aliphatic heterocycles. The Morgan fingerprint density at radius 3 is 2.61 bits per heavy atom. The molecule has 0 N–H and O–H groups in total. The maximum atomic E-state index is 11.3. The fraction of sp³-hybridized carbons (Fsp3) is 0.500. The Kier molecular flexibility index (Phi) is 5.82. The molecule has 18 heavy (non-hydrogen) atoms. The quantitative estimate of drug-likeness (QED) is 0.699. The molecule has 0 saturated carbocycles. The van der Waals surface area contributed by atoms with E-state index in [4.69, 9.17) is 14.2 Å². The van der Waals surface area contributed by atoms with Gasteiger partial charge in [0.1, 0.15) is 5.75 Å². The zero-order valence-corrected chi connectivity index (χ0v) is 11.4. The topological polar surface area (TPSA) is 44.8 Å². The molecule has 4 heteroatoms. The lowest BCUT2D eigenvalue weighted by Crippen LogP contribution is -2.15. The number of methoxy groups -OCH3 is 2. The van der Waals surface area contributed by atoms with E-state index < -0.39 is 0 Å². The van der Waals surface area contributed by atoms with E-state index in [1.165, 1.54) is 0 Å². The fourth-order valence-electron chi connectivity index (χ4n) is 1.63. The first-order valence-electron chi connectivity index (χ1n) is 5.86. The zero-order valence-electron chi connectivity index (χ0n) is 11.4. The van der Waals surface area contributed by atoms with Gasteiger partial charge in [-0.1, -0.05) is 0 Å². The molecule has 0 aliphatic carbocycles. The van der Waals surface area contributed by atoms with Crippen molar-refractivity contribution in [3.63, 3.8) is 0 Å². The van der Waals surface area contributed by atoms with Gasteiger partial charge in [0.2, 0.25) is 0 Å². The summed E-state index contributed by atoms with van der Waals surface area (Å²) >= 11 is 0. The van der Waals surface area contributed by atoms with Gasteiger partial charge in [-0.15, -0.1) is 0 Å². The molecule has 100 valence electrons. The Morgan fingerprint density at radius 1 is 1.33 bits per heavy atom. The summed E-state index contributed by atoms with van der Waals surface area (Å²) in [5, 5.41) is 0. The maximum Gasteiger partial charge on any atom is 0.159 e. The van der Waals surface area contributed by atoms with Gasteiger partial charge in [0.05, 0.1) is 26.4 Å². The number of rotatable bonds is 7. The summed E-state index contributed by atoms with van der Waals surface area (Å²) < 4.78 is 15.9. The lowest BCUT2D eigenvalue weighted by Gasteiger charge is -2.14. The predicted molar refractivity (Wildman–Crippen MR) is 69.1 cm³/mol. The van der Waals surface area contributed by atoms with Crippen molar-refractivity contribution < 1.29 is 19.0 Å². The van der Waals surface area contributed by atoms with E-state index >= 15 is 0 Å². The van der Waals surface area contributed by atoms with Gasteiger partial charge in [0, 0.05) is 18.2 Å². The van der Waals surface area contributed by atoms with E-state index in [1.54, 1.807) is 39.3 Å². The molecule has 1 atom stereocenters. The van der Waals surface area contributed by atoms with Crippen LogP contribution in [0.2, 0.25) is 0 Å². The molecule has 4 nitrogen and oxygen atoms in total. The lowest BCUT2D eigenvalue weighted by molar-refractivity contribution is -0.000745.